The van der Waals surface area contributed by atoms with E-state index >= 15 is 0 Å². The minimum atomic E-state index is -3.62. The molecule has 0 aromatic heterocycles. The molecule has 0 radical (unpaired) electrons. The summed E-state index contributed by atoms with van der Waals surface area (Å²) >= 11 is 5.88. The maximum Gasteiger partial charge on any atom is 0.241 e. The molecule has 0 aliphatic carbocycles. The fraction of sp³-hybridized carbons (Fsp3) is 0.250. The van der Waals surface area contributed by atoms with Crippen LogP contribution < -0.4 is 9.46 Å². The van der Waals surface area contributed by atoms with E-state index in [-0.39, 0.29) is 17.5 Å². The van der Waals surface area contributed by atoms with Crippen molar-refractivity contribution >= 4 is 21.6 Å². The molecule has 2 rings (SSSR count). The second-order valence-corrected chi connectivity index (χ2v) is 7.18. The molecule has 1 unspecified atom stereocenters. The minimum absolute atomic E-state index is 0.170. The van der Waals surface area contributed by atoms with Gasteiger partial charge in [-0.1, -0.05) is 35.9 Å². The van der Waals surface area contributed by atoms with E-state index in [0.717, 1.165) is 0 Å². The highest BCUT2D eigenvalue weighted by molar-refractivity contribution is 7.89. The summed E-state index contributed by atoms with van der Waals surface area (Å²) < 4.78 is 32.9. The molecule has 0 spiro atoms. The molecule has 0 fully saturated rings. The maximum absolute atomic E-state index is 12.3. The lowest BCUT2D eigenvalue weighted by atomic mass is 10.2. The van der Waals surface area contributed by atoms with Crippen LogP contribution in [0, 0.1) is 6.92 Å². The van der Waals surface area contributed by atoms with E-state index in [9.17, 15) is 8.42 Å². The Morgan fingerprint density at radius 2 is 1.86 bits per heavy atom. The molecule has 0 heterocycles. The van der Waals surface area contributed by atoms with E-state index < -0.39 is 10.0 Å². The fourth-order valence-electron chi connectivity index (χ4n) is 1.94. The minimum Gasteiger partial charge on any atom is -0.489 e. The Bertz CT molecular complexity index is 732. The standard InChI is InChI=1S/C16H18ClNO3S/c1-12-8-9-14(17)10-16(12)22(19,20)18-11-13(2)21-15-6-4-3-5-7-15/h3-10,13,18H,11H2,1-2H3. The van der Waals surface area contributed by atoms with Crippen molar-refractivity contribution in [2.75, 3.05) is 6.54 Å². The summed E-state index contributed by atoms with van der Waals surface area (Å²) in [6.45, 7) is 3.71. The van der Waals surface area contributed by atoms with E-state index in [1.54, 1.807) is 26.0 Å². The number of rotatable bonds is 6. The number of hydrogen-bond acceptors (Lipinski definition) is 3. The third kappa shape index (κ3) is 4.47. The van der Waals surface area contributed by atoms with Crippen LogP contribution in [-0.2, 0) is 10.0 Å². The van der Waals surface area contributed by atoms with Crippen LogP contribution in [0.1, 0.15) is 12.5 Å². The summed E-state index contributed by atoms with van der Waals surface area (Å²) in [4.78, 5) is 0.187. The van der Waals surface area contributed by atoms with Crippen molar-refractivity contribution < 1.29 is 13.2 Å². The molecule has 2 aromatic carbocycles. The molecule has 1 N–H and O–H groups in total. The van der Waals surface area contributed by atoms with Gasteiger partial charge in [0.1, 0.15) is 11.9 Å². The Kier molecular flexibility index (Phi) is 5.45. The van der Waals surface area contributed by atoms with Crippen LogP contribution in [-0.4, -0.2) is 21.1 Å². The molecule has 4 nitrogen and oxygen atoms in total. The molecular weight excluding hydrogens is 322 g/mol. The summed E-state index contributed by atoms with van der Waals surface area (Å²) in [5, 5.41) is 0.388. The summed E-state index contributed by atoms with van der Waals surface area (Å²) in [5.74, 6) is 0.702. The average Bonchev–Trinajstić information content (AvgIpc) is 2.49. The lowest BCUT2D eigenvalue weighted by molar-refractivity contribution is 0.225. The van der Waals surface area contributed by atoms with Gasteiger partial charge in [0.25, 0.3) is 0 Å². The number of nitrogens with one attached hydrogen (secondary N) is 1. The van der Waals surface area contributed by atoms with Crippen molar-refractivity contribution in [1.82, 2.24) is 4.72 Å². The largest absolute Gasteiger partial charge is 0.489 e. The Morgan fingerprint density at radius 1 is 1.18 bits per heavy atom. The molecule has 6 heteroatoms. The first-order valence-corrected chi connectivity index (χ1v) is 8.72. The molecule has 0 amide bonds. The van der Waals surface area contributed by atoms with Crippen molar-refractivity contribution in [3.05, 3.63) is 59.1 Å². The number of hydrogen-bond donors (Lipinski definition) is 1. The van der Waals surface area contributed by atoms with Gasteiger partial charge >= 0.3 is 0 Å². The van der Waals surface area contributed by atoms with E-state index in [4.69, 9.17) is 16.3 Å². The zero-order valence-electron chi connectivity index (χ0n) is 12.4. The summed E-state index contributed by atoms with van der Waals surface area (Å²) in [6.07, 6.45) is -0.295. The van der Waals surface area contributed by atoms with Crippen molar-refractivity contribution in [2.24, 2.45) is 0 Å². The van der Waals surface area contributed by atoms with Crippen molar-refractivity contribution in [3.63, 3.8) is 0 Å². The number of halogens is 1. The zero-order chi connectivity index (χ0) is 16.2. The monoisotopic (exact) mass is 339 g/mol. The third-order valence-electron chi connectivity index (χ3n) is 3.08. The second kappa shape index (κ2) is 7.13. The van der Waals surface area contributed by atoms with Gasteiger partial charge in [-0.2, -0.15) is 0 Å². The summed E-state index contributed by atoms with van der Waals surface area (Å²) in [7, 11) is -3.62. The lowest BCUT2D eigenvalue weighted by Crippen LogP contribution is -2.33. The van der Waals surface area contributed by atoms with Crippen LogP contribution in [0.5, 0.6) is 5.75 Å². The van der Waals surface area contributed by atoms with E-state index in [2.05, 4.69) is 4.72 Å². The fourth-order valence-corrected chi connectivity index (χ4v) is 3.56. The van der Waals surface area contributed by atoms with E-state index in [1.807, 2.05) is 30.3 Å². The first kappa shape index (κ1) is 16.8. The topological polar surface area (TPSA) is 55.4 Å². The Labute approximate surface area is 136 Å². The second-order valence-electron chi connectivity index (χ2n) is 5.00. The highest BCUT2D eigenvalue weighted by Gasteiger charge is 2.18. The number of sulfonamides is 1. The normalized spacial score (nSPS) is 12.9. The molecule has 0 saturated heterocycles. The van der Waals surface area contributed by atoms with Gasteiger partial charge in [-0.05, 0) is 43.7 Å². The highest BCUT2D eigenvalue weighted by atomic mass is 35.5. The van der Waals surface area contributed by atoms with Crippen LogP contribution in [0.15, 0.2) is 53.4 Å². The molecule has 22 heavy (non-hydrogen) atoms. The maximum atomic E-state index is 12.3. The zero-order valence-corrected chi connectivity index (χ0v) is 14.0. The molecule has 1 atom stereocenters. The number of benzene rings is 2. The third-order valence-corrected chi connectivity index (χ3v) is 4.88. The Balaban J connectivity index is 2.02. The van der Waals surface area contributed by atoms with Gasteiger partial charge in [-0.25, -0.2) is 13.1 Å². The molecule has 0 bridgehead atoms. The summed E-state index contributed by atoms with van der Waals surface area (Å²) in [6, 6.07) is 14.1. The van der Waals surface area contributed by atoms with Crippen molar-refractivity contribution in [3.8, 4) is 5.75 Å². The predicted octanol–water partition coefficient (Wildman–Crippen LogP) is 3.39. The van der Waals surface area contributed by atoms with Gasteiger partial charge in [-0.15, -0.1) is 0 Å². The molecule has 118 valence electrons. The first-order valence-electron chi connectivity index (χ1n) is 6.86. The van der Waals surface area contributed by atoms with Gasteiger partial charge in [0, 0.05) is 11.6 Å². The van der Waals surface area contributed by atoms with Crippen LogP contribution in [0.3, 0.4) is 0 Å². The Hall–Kier alpha value is -1.56. The summed E-state index contributed by atoms with van der Waals surface area (Å²) in [5.41, 5.74) is 0.647. The molecule has 0 aliphatic rings. The first-order chi connectivity index (χ1) is 10.4. The van der Waals surface area contributed by atoms with Gasteiger partial charge in [0.05, 0.1) is 4.90 Å². The number of para-hydroxylation sites is 1. The number of aryl methyl sites for hydroxylation is 1. The van der Waals surface area contributed by atoms with E-state index in [0.29, 0.717) is 16.3 Å². The van der Waals surface area contributed by atoms with Gasteiger partial charge in [0.15, 0.2) is 0 Å². The Morgan fingerprint density at radius 3 is 2.55 bits per heavy atom. The van der Waals surface area contributed by atoms with Crippen LogP contribution in [0.2, 0.25) is 5.02 Å². The smallest absolute Gasteiger partial charge is 0.241 e. The molecule has 2 aromatic rings. The SMILES string of the molecule is Cc1ccc(Cl)cc1S(=O)(=O)NCC(C)Oc1ccccc1. The molecule has 0 aliphatic heterocycles. The van der Waals surface area contributed by atoms with Crippen molar-refractivity contribution in [2.45, 2.75) is 24.8 Å². The van der Waals surface area contributed by atoms with Crippen molar-refractivity contribution in [1.29, 1.82) is 0 Å². The average molecular weight is 340 g/mol. The quantitative estimate of drug-likeness (QED) is 0.877. The van der Waals surface area contributed by atoms with Crippen LogP contribution in [0.25, 0.3) is 0 Å². The van der Waals surface area contributed by atoms with E-state index in [1.165, 1.54) is 6.07 Å². The predicted molar refractivity (Wildman–Crippen MR) is 87.9 cm³/mol. The highest BCUT2D eigenvalue weighted by Crippen LogP contribution is 2.20. The van der Waals surface area contributed by atoms with Crippen LogP contribution >= 0.6 is 11.6 Å². The van der Waals surface area contributed by atoms with Crippen LogP contribution in [0.4, 0.5) is 0 Å². The molecular formula is C16H18ClNO3S. The molecule has 0 saturated carbocycles. The van der Waals surface area contributed by atoms with Gasteiger partial charge in [-0.3, -0.25) is 0 Å². The van der Waals surface area contributed by atoms with Gasteiger partial charge in [0.2, 0.25) is 10.0 Å². The number of ether oxygens (including phenoxy) is 1. The lowest BCUT2D eigenvalue weighted by Gasteiger charge is -2.16. The van der Waals surface area contributed by atoms with Gasteiger partial charge < -0.3 is 4.74 Å².